The van der Waals surface area contributed by atoms with E-state index in [4.69, 9.17) is 11.6 Å². The predicted molar refractivity (Wildman–Crippen MR) is 101 cm³/mol. The summed E-state index contributed by atoms with van der Waals surface area (Å²) in [5.41, 5.74) is 1.40. The molecule has 0 radical (unpaired) electrons. The van der Waals surface area contributed by atoms with E-state index < -0.39 is 22.5 Å². The van der Waals surface area contributed by atoms with Crippen LogP contribution in [0.1, 0.15) is 19.5 Å². The minimum absolute atomic E-state index is 0.0308. The summed E-state index contributed by atoms with van der Waals surface area (Å²) in [5.74, 6) is 1.59. The average molecular weight is 415 g/mol. The number of rotatable bonds is 4. The van der Waals surface area contributed by atoms with E-state index in [0.717, 1.165) is 16.5 Å². The highest BCUT2D eigenvalue weighted by Gasteiger charge is 2.30. The Bertz CT molecular complexity index is 1090. The number of amides is 1. The molecular formula is C15H15ClN4O4S2. The van der Waals surface area contributed by atoms with Crippen molar-refractivity contribution in [1.82, 2.24) is 14.3 Å². The summed E-state index contributed by atoms with van der Waals surface area (Å²) in [6.45, 7) is 3.42. The summed E-state index contributed by atoms with van der Waals surface area (Å²) in [6.07, 6.45) is 0.878. The van der Waals surface area contributed by atoms with Crippen LogP contribution in [0.3, 0.4) is 0 Å². The van der Waals surface area contributed by atoms with Gasteiger partial charge in [0.05, 0.1) is 26.5 Å². The van der Waals surface area contributed by atoms with E-state index in [-0.39, 0.29) is 11.6 Å². The van der Waals surface area contributed by atoms with E-state index >= 15 is 0 Å². The van der Waals surface area contributed by atoms with Crippen molar-refractivity contribution in [3.63, 3.8) is 0 Å². The molecule has 0 fully saturated rings. The van der Waals surface area contributed by atoms with E-state index in [1.165, 1.54) is 16.3 Å². The molecule has 26 heavy (non-hydrogen) atoms. The summed E-state index contributed by atoms with van der Waals surface area (Å²) >= 11 is 7.45. The first kappa shape index (κ1) is 18.7. The Hall–Kier alpha value is -2.13. The van der Waals surface area contributed by atoms with E-state index in [1.807, 2.05) is 29.1 Å². The summed E-state index contributed by atoms with van der Waals surface area (Å²) in [7, 11) is -3.71. The minimum atomic E-state index is -3.71. The number of sulfonamides is 1. The highest BCUT2D eigenvalue weighted by atomic mass is 35.5. The van der Waals surface area contributed by atoms with Gasteiger partial charge in [-0.05, 0) is 12.1 Å². The standard InChI is InChI=1S/C15H15ClN4O4S2/c1-8(2)15-17-19(6-14(22)18-26(3,23)24)11(7-21)9-4-12-10(20(9)15)5-13(16)25-12/h4-5,8H,6H2,1-3H3,(H,18,22). The van der Waals surface area contributed by atoms with Gasteiger partial charge in [-0.15, -0.1) is 11.3 Å². The van der Waals surface area contributed by atoms with Crippen LogP contribution in [-0.4, -0.2) is 48.5 Å². The number of hydrogen-bond donors (Lipinski definition) is 1. The number of hydrogen-bond acceptors (Lipinski definition) is 7. The lowest BCUT2D eigenvalue weighted by atomic mass is 10.1. The number of aromatic nitrogens is 1. The Labute approximate surface area is 158 Å². The monoisotopic (exact) mass is 414 g/mol. The largest absolute Gasteiger partial charge is 0.292 e. The van der Waals surface area contributed by atoms with Crippen LogP contribution in [0, 0.1) is 5.92 Å². The molecule has 1 aliphatic rings. The third-order valence-corrected chi connectivity index (χ3v) is 5.42. The number of thiophene rings is 1. The zero-order chi connectivity index (χ0) is 19.2. The van der Waals surface area contributed by atoms with Crippen LogP contribution in [0.15, 0.2) is 17.2 Å². The van der Waals surface area contributed by atoms with Crippen molar-refractivity contribution in [3.8, 4) is 0 Å². The molecule has 0 spiro atoms. The zero-order valence-corrected chi connectivity index (χ0v) is 16.5. The van der Waals surface area contributed by atoms with Crippen LogP contribution in [0.4, 0.5) is 0 Å². The molecule has 0 atom stereocenters. The van der Waals surface area contributed by atoms with Gasteiger partial charge in [-0.3, -0.25) is 14.1 Å². The van der Waals surface area contributed by atoms with Gasteiger partial charge in [0.25, 0.3) is 5.91 Å². The van der Waals surface area contributed by atoms with Crippen LogP contribution in [-0.2, 0) is 19.6 Å². The van der Waals surface area contributed by atoms with Crippen molar-refractivity contribution in [2.45, 2.75) is 13.8 Å². The molecule has 11 heteroatoms. The van der Waals surface area contributed by atoms with Crippen LogP contribution in [0.5, 0.6) is 0 Å². The second kappa shape index (κ2) is 6.55. The Balaban J connectivity index is 2.09. The summed E-state index contributed by atoms with van der Waals surface area (Å²) in [5, 5.41) is 5.57. The summed E-state index contributed by atoms with van der Waals surface area (Å²) in [6, 6.07) is 3.57. The molecule has 0 aromatic carbocycles. The minimum Gasteiger partial charge on any atom is -0.292 e. The number of carbonyl (C=O) groups is 1. The molecule has 0 saturated heterocycles. The molecule has 3 heterocycles. The molecule has 0 bridgehead atoms. The average Bonchev–Trinajstić information content (AvgIpc) is 3.00. The molecule has 1 aliphatic heterocycles. The molecule has 0 aliphatic carbocycles. The van der Waals surface area contributed by atoms with Crippen LogP contribution in [0.2, 0.25) is 4.34 Å². The van der Waals surface area contributed by atoms with E-state index in [9.17, 15) is 18.0 Å². The number of nitrogens with one attached hydrogen (secondary N) is 1. The molecule has 138 valence electrons. The smallest absolute Gasteiger partial charge is 0.255 e. The topological polar surface area (TPSA) is 101 Å². The first-order chi connectivity index (χ1) is 12.1. The molecule has 2 aromatic heterocycles. The summed E-state index contributed by atoms with van der Waals surface area (Å²) < 4.78 is 27.6. The lowest BCUT2D eigenvalue weighted by Gasteiger charge is -2.28. The Morgan fingerprint density at radius 1 is 1.42 bits per heavy atom. The quantitative estimate of drug-likeness (QED) is 0.768. The molecule has 1 N–H and O–H groups in total. The zero-order valence-electron chi connectivity index (χ0n) is 14.1. The van der Waals surface area contributed by atoms with Gasteiger partial charge in [0.15, 0.2) is 11.6 Å². The van der Waals surface area contributed by atoms with E-state index in [2.05, 4.69) is 5.10 Å². The highest BCUT2D eigenvalue weighted by Crippen LogP contribution is 2.37. The Morgan fingerprint density at radius 2 is 2.12 bits per heavy atom. The van der Waals surface area contributed by atoms with Gasteiger partial charge in [0, 0.05) is 5.92 Å². The third kappa shape index (κ3) is 3.41. The van der Waals surface area contributed by atoms with Crippen LogP contribution >= 0.6 is 22.9 Å². The van der Waals surface area contributed by atoms with Crippen molar-refractivity contribution < 1.29 is 18.0 Å². The second-order valence-electron chi connectivity index (χ2n) is 6.08. The highest BCUT2D eigenvalue weighted by molar-refractivity contribution is 7.89. The van der Waals surface area contributed by atoms with Gasteiger partial charge in [-0.25, -0.2) is 18.2 Å². The van der Waals surface area contributed by atoms with Gasteiger partial charge in [-0.2, -0.15) is 5.10 Å². The molecule has 0 unspecified atom stereocenters. The van der Waals surface area contributed by atoms with Crippen molar-refractivity contribution >= 4 is 66.6 Å². The van der Waals surface area contributed by atoms with Crippen molar-refractivity contribution in [2.24, 2.45) is 11.0 Å². The Morgan fingerprint density at radius 3 is 2.69 bits per heavy atom. The lowest BCUT2D eigenvalue weighted by molar-refractivity contribution is -0.119. The van der Waals surface area contributed by atoms with Crippen molar-refractivity contribution in [2.75, 3.05) is 12.8 Å². The molecule has 0 saturated carbocycles. The third-order valence-electron chi connectivity index (χ3n) is 3.62. The normalized spacial score (nSPS) is 14.4. The number of halogens is 1. The molecule has 2 aromatic rings. The maximum atomic E-state index is 12.0. The van der Waals surface area contributed by atoms with Gasteiger partial charge < -0.3 is 0 Å². The first-order valence-electron chi connectivity index (χ1n) is 7.54. The number of fused-ring (bicyclic) bond motifs is 3. The fourth-order valence-electron chi connectivity index (χ4n) is 2.70. The van der Waals surface area contributed by atoms with E-state index in [1.54, 1.807) is 12.1 Å². The molecule has 3 rings (SSSR count). The fourth-order valence-corrected chi connectivity index (χ4v) is 4.34. The fraction of sp³-hybridized carbons (Fsp3) is 0.333. The Kier molecular flexibility index (Phi) is 4.70. The number of carbonyl (C=O) groups excluding carboxylic acids is 2. The molecule has 1 amide bonds. The van der Waals surface area contributed by atoms with Crippen LogP contribution < -0.4 is 4.72 Å². The lowest BCUT2D eigenvalue weighted by Crippen LogP contribution is -2.40. The first-order valence-corrected chi connectivity index (χ1v) is 10.6. The predicted octanol–water partition coefficient (Wildman–Crippen LogP) is 1.74. The second-order valence-corrected chi connectivity index (χ2v) is 9.55. The van der Waals surface area contributed by atoms with Crippen LogP contribution in [0.25, 0.3) is 15.9 Å². The SMILES string of the molecule is CC(C)C1=NN(CC(=O)NS(C)(=O)=O)C(=C=O)c2cc3sc(Cl)cc3n21. The van der Waals surface area contributed by atoms with Gasteiger partial charge in [0.1, 0.15) is 12.4 Å². The van der Waals surface area contributed by atoms with Gasteiger partial charge in [0.2, 0.25) is 10.0 Å². The molecule has 8 nitrogen and oxygen atoms in total. The maximum absolute atomic E-state index is 12.0. The van der Waals surface area contributed by atoms with Crippen molar-refractivity contribution in [3.05, 3.63) is 22.2 Å². The number of nitrogens with zero attached hydrogens (tertiary/aromatic N) is 3. The molecular weight excluding hydrogens is 400 g/mol. The van der Waals surface area contributed by atoms with Gasteiger partial charge in [-0.1, -0.05) is 25.4 Å². The maximum Gasteiger partial charge on any atom is 0.255 e. The van der Waals surface area contributed by atoms with Gasteiger partial charge >= 0.3 is 0 Å². The summed E-state index contributed by atoms with van der Waals surface area (Å²) in [4.78, 5) is 23.6. The van der Waals surface area contributed by atoms with Crippen molar-refractivity contribution in [1.29, 1.82) is 0 Å². The van der Waals surface area contributed by atoms with E-state index in [0.29, 0.717) is 15.9 Å². The number of hydrazone groups is 1.